The summed E-state index contributed by atoms with van der Waals surface area (Å²) in [5.41, 5.74) is 1.17. The first kappa shape index (κ1) is 26.9. The number of halogens is 1. The van der Waals surface area contributed by atoms with Crippen LogP contribution < -0.4 is 10.0 Å². The van der Waals surface area contributed by atoms with Crippen molar-refractivity contribution in [1.82, 2.24) is 9.62 Å². The predicted octanol–water partition coefficient (Wildman–Crippen LogP) is 0.802. The van der Waals surface area contributed by atoms with Gasteiger partial charge in [-0.2, -0.15) is 4.72 Å². The number of nitrogens with one attached hydrogen (secondary N) is 2. The van der Waals surface area contributed by atoms with Crippen LogP contribution in [-0.4, -0.2) is 68.6 Å². The van der Waals surface area contributed by atoms with E-state index in [0.29, 0.717) is 5.69 Å². The lowest BCUT2D eigenvalue weighted by molar-refractivity contribution is -0.155. The molecule has 0 saturated carbocycles. The molecule has 2 aromatic rings. The fourth-order valence-electron chi connectivity index (χ4n) is 2.67. The Labute approximate surface area is 196 Å². The molecule has 3 N–H and O–H groups in total. The Hall–Kier alpha value is -3.35. The van der Waals surface area contributed by atoms with Crippen molar-refractivity contribution in [2.75, 3.05) is 25.5 Å². The van der Waals surface area contributed by atoms with E-state index < -0.39 is 52.4 Å². The third-order valence-electron chi connectivity index (χ3n) is 4.62. The highest BCUT2D eigenvalue weighted by molar-refractivity contribution is 7.89. The molecule has 0 aromatic heterocycles. The standard InChI is InChI=1S/C22H26FN3O7S/c1-14-4-10-18(11-5-14)34(31,32)25-21(15(2)27)22(30)33-13-20(29)26(3)12-19(28)24-17-8-6-16(23)7-9-17/h4-11,15,21,25,27H,12-13H2,1-3H3,(H,24,28)/t15-,21-/m1/s1. The van der Waals surface area contributed by atoms with Crippen molar-refractivity contribution < 1.29 is 37.0 Å². The van der Waals surface area contributed by atoms with Crippen molar-refractivity contribution >= 4 is 33.5 Å². The number of hydrogen-bond acceptors (Lipinski definition) is 7. The summed E-state index contributed by atoms with van der Waals surface area (Å²) >= 11 is 0. The minimum atomic E-state index is -4.15. The number of hydrogen-bond donors (Lipinski definition) is 3. The van der Waals surface area contributed by atoms with Crippen molar-refractivity contribution in [2.45, 2.75) is 30.9 Å². The number of amides is 2. The van der Waals surface area contributed by atoms with Crippen molar-refractivity contribution in [2.24, 2.45) is 0 Å². The maximum absolute atomic E-state index is 12.9. The maximum Gasteiger partial charge on any atom is 0.327 e. The summed E-state index contributed by atoms with van der Waals surface area (Å²) in [4.78, 5) is 37.5. The minimum absolute atomic E-state index is 0.112. The molecule has 2 rings (SSSR count). The van der Waals surface area contributed by atoms with Crippen molar-refractivity contribution in [3.63, 3.8) is 0 Å². The van der Waals surface area contributed by atoms with Gasteiger partial charge in [-0.05, 0) is 50.2 Å². The molecular formula is C22H26FN3O7S. The van der Waals surface area contributed by atoms with Crippen LogP contribution in [0.15, 0.2) is 53.4 Å². The van der Waals surface area contributed by atoms with Crippen LogP contribution in [0.25, 0.3) is 0 Å². The number of carbonyl (C=O) groups excluding carboxylic acids is 3. The Balaban J connectivity index is 1.91. The molecule has 0 spiro atoms. The van der Waals surface area contributed by atoms with Gasteiger partial charge in [-0.15, -0.1) is 0 Å². The van der Waals surface area contributed by atoms with Crippen LogP contribution in [0.5, 0.6) is 0 Å². The van der Waals surface area contributed by atoms with E-state index >= 15 is 0 Å². The van der Waals surface area contributed by atoms with Crippen LogP contribution >= 0.6 is 0 Å². The average molecular weight is 496 g/mol. The summed E-state index contributed by atoms with van der Waals surface area (Å²) < 4.78 is 44.9. The number of anilines is 1. The first-order chi connectivity index (χ1) is 15.9. The highest BCUT2D eigenvalue weighted by atomic mass is 32.2. The molecular weight excluding hydrogens is 469 g/mol. The molecule has 0 unspecified atom stereocenters. The number of likely N-dealkylation sites (N-methyl/N-ethyl adjacent to an activating group) is 1. The summed E-state index contributed by atoms with van der Waals surface area (Å²) in [5.74, 6) is -2.94. The third kappa shape index (κ3) is 7.90. The number of esters is 1. The van der Waals surface area contributed by atoms with Crippen molar-refractivity contribution in [3.8, 4) is 0 Å². The lowest BCUT2D eigenvalue weighted by Crippen LogP contribution is -2.49. The number of rotatable bonds is 10. The van der Waals surface area contributed by atoms with E-state index in [-0.39, 0.29) is 11.4 Å². The summed E-state index contributed by atoms with van der Waals surface area (Å²) in [6.07, 6.45) is -1.46. The van der Waals surface area contributed by atoms with E-state index in [2.05, 4.69) is 10.0 Å². The normalized spacial score (nSPS) is 13.0. The Morgan fingerprint density at radius 1 is 1.09 bits per heavy atom. The molecule has 34 heavy (non-hydrogen) atoms. The molecule has 12 heteroatoms. The van der Waals surface area contributed by atoms with Gasteiger partial charge in [-0.25, -0.2) is 12.8 Å². The topological polar surface area (TPSA) is 142 Å². The fourth-order valence-corrected chi connectivity index (χ4v) is 3.92. The van der Waals surface area contributed by atoms with E-state index in [1.807, 2.05) is 0 Å². The molecule has 184 valence electrons. The first-order valence-electron chi connectivity index (χ1n) is 10.1. The summed E-state index contributed by atoms with van der Waals surface area (Å²) in [6, 6.07) is 9.21. The number of ether oxygens (including phenoxy) is 1. The molecule has 0 aliphatic heterocycles. The molecule has 2 atom stereocenters. The van der Waals surface area contributed by atoms with Gasteiger partial charge in [-0.1, -0.05) is 17.7 Å². The van der Waals surface area contributed by atoms with Crippen molar-refractivity contribution in [1.29, 1.82) is 0 Å². The molecule has 0 heterocycles. The molecule has 2 aromatic carbocycles. The van der Waals surface area contributed by atoms with E-state index in [1.165, 1.54) is 38.2 Å². The Kier molecular flexibility index (Phi) is 9.24. The van der Waals surface area contributed by atoms with Crippen molar-refractivity contribution in [3.05, 3.63) is 59.9 Å². The molecule has 0 bridgehead atoms. The van der Waals surface area contributed by atoms with Gasteiger partial charge >= 0.3 is 5.97 Å². The smallest absolute Gasteiger partial charge is 0.327 e. The Bertz CT molecular complexity index is 1120. The number of carbonyl (C=O) groups is 3. The van der Waals surface area contributed by atoms with Gasteiger partial charge in [0, 0.05) is 12.7 Å². The zero-order valence-corrected chi connectivity index (χ0v) is 19.6. The number of sulfonamides is 1. The van der Waals surface area contributed by atoms with Crippen LogP contribution in [0.1, 0.15) is 12.5 Å². The van der Waals surface area contributed by atoms with Gasteiger partial charge in [0.25, 0.3) is 5.91 Å². The SMILES string of the molecule is Cc1ccc(S(=O)(=O)N[C@@H](C(=O)OCC(=O)N(C)CC(=O)Nc2ccc(F)cc2)[C@@H](C)O)cc1. The van der Waals surface area contributed by atoms with Gasteiger partial charge in [-0.3, -0.25) is 14.4 Å². The lowest BCUT2D eigenvalue weighted by Gasteiger charge is -2.21. The van der Waals surface area contributed by atoms with Gasteiger partial charge in [0.05, 0.1) is 17.5 Å². The highest BCUT2D eigenvalue weighted by Crippen LogP contribution is 2.12. The van der Waals surface area contributed by atoms with E-state index in [0.717, 1.165) is 22.6 Å². The largest absolute Gasteiger partial charge is 0.454 e. The Morgan fingerprint density at radius 3 is 2.24 bits per heavy atom. The van der Waals surface area contributed by atoms with Crippen LogP contribution in [-0.2, 0) is 29.1 Å². The zero-order valence-electron chi connectivity index (χ0n) is 18.8. The van der Waals surface area contributed by atoms with Crippen LogP contribution in [0.3, 0.4) is 0 Å². The summed E-state index contributed by atoms with van der Waals surface area (Å²) in [5, 5.41) is 12.4. The second-order valence-electron chi connectivity index (χ2n) is 7.57. The minimum Gasteiger partial charge on any atom is -0.454 e. The van der Waals surface area contributed by atoms with E-state index in [1.54, 1.807) is 19.1 Å². The van der Waals surface area contributed by atoms with Gasteiger partial charge in [0.1, 0.15) is 11.9 Å². The molecule has 0 saturated heterocycles. The highest BCUT2D eigenvalue weighted by Gasteiger charge is 2.31. The average Bonchev–Trinajstić information content (AvgIpc) is 2.77. The Morgan fingerprint density at radius 2 is 1.68 bits per heavy atom. The fraction of sp³-hybridized carbons (Fsp3) is 0.318. The first-order valence-corrected chi connectivity index (χ1v) is 11.6. The monoisotopic (exact) mass is 495 g/mol. The third-order valence-corrected chi connectivity index (χ3v) is 6.08. The van der Waals surface area contributed by atoms with Gasteiger partial charge in [0.2, 0.25) is 15.9 Å². The predicted molar refractivity (Wildman–Crippen MR) is 121 cm³/mol. The zero-order chi connectivity index (χ0) is 25.5. The van der Waals surface area contributed by atoms with Gasteiger partial charge in [0.15, 0.2) is 6.61 Å². The van der Waals surface area contributed by atoms with Gasteiger partial charge < -0.3 is 20.1 Å². The number of aliphatic hydroxyl groups is 1. The van der Waals surface area contributed by atoms with Crippen LogP contribution in [0.4, 0.5) is 10.1 Å². The van der Waals surface area contributed by atoms with E-state index in [4.69, 9.17) is 4.74 Å². The van der Waals surface area contributed by atoms with Crippen LogP contribution in [0.2, 0.25) is 0 Å². The molecule has 10 nitrogen and oxygen atoms in total. The second kappa shape index (κ2) is 11.7. The number of nitrogens with zero attached hydrogens (tertiary/aromatic N) is 1. The molecule has 0 fully saturated rings. The molecule has 0 radical (unpaired) electrons. The molecule has 2 amide bonds. The molecule has 0 aliphatic carbocycles. The number of benzene rings is 2. The quantitative estimate of drug-likeness (QED) is 0.414. The number of aryl methyl sites for hydroxylation is 1. The summed E-state index contributed by atoms with van der Waals surface area (Å²) in [6.45, 7) is 1.81. The molecule has 0 aliphatic rings. The number of aliphatic hydroxyl groups excluding tert-OH is 1. The van der Waals surface area contributed by atoms with Crippen LogP contribution in [0, 0.1) is 12.7 Å². The lowest BCUT2D eigenvalue weighted by atomic mass is 10.2. The summed E-state index contributed by atoms with van der Waals surface area (Å²) in [7, 11) is -2.85. The second-order valence-corrected chi connectivity index (χ2v) is 9.28. The van der Waals surface area contributed by atoms with E-state index in [9.17, 15) is 32.3 Å². The maximum atomic E-state index is 12.9.